The maximum atomic E-state index is 5.45. The molecule has 0 aliphatic carbocycles. The van der Waals surface area contributed by atoms with Gasteiger partial charge in [-0.1, -0.05) is 164 Å². The molecular weight excluding hydrogens is 544 g/mol. The van der Waals surface area contributed by atoms with Gasteiger partial charge in [0.1, 0.15) is 0 Å². The van der Waals surface area contributed by atoms with Gasteiger partial charge in [-0.15, -0.1) is 0 Å². The SMILES string of the molecule is C=C(c1ccccc1)C(c1cccc(CP(c2ccccc2)c2ccccc2)n1)P(c1ccccc1)c1ccccc1. The van der Waals surface area contributed by atoms with Gasteiger partial charge in [0.2, 0.25) is 0 Å². The highest BCUT2D eigenvalue weighted by molar-refractivity contribution is 7.73. The van der Waals surface area contributed by atoms with Gasteiger partial charge >= 0.3 is 0 Å². The fraction of sp³-hybridized carbons (Fsp3) is 0.0513. The van der Waals surface area contributed by atoms with Crippen LogP contribution in [0.3, 0.4) is 0 Å². The molecule has 0 spiro atoms. The molecule has 1 nitrogen and oxygen atoms in total. The van der Waals surface area contributed by atoms with Crippen molar-refractivity contribution in [2.24, 2.45) is 0 Å². The van der Waals surface area contributed by atoms with E-state index in [2.05, 4.69) is 170 Å². The Labute approximate surface area is 252 Å². The summed E-state index contributed by atoms with van der Waals surface area (Å²) in [6.07, 6.45) is 0.885. The van der Waals surface area contributed by atoms with Crippen LogP contribution in [0.2, 0.25) is 0 Å². The molecule has 1 atom stereocenters. The van der Waals surface area contributed by atoms with Crippen LogP contribution in [-0.2, 0) is 6.16 Å². The Morgan fingerprint density at radius 2 is 0.929 bits per heavy atom. The zero-order valence-electron chi connectivity index (χ0n) is 23.5. The van der Waals surface area contributed by atoms with Crippen LogP contribution in [0.25, 0.3) is 5.57 Å². The Hall–Kier alpha value is -4.15. The number of allylic oxidation sites excluding steroid dienone is 1. The molecule has 0 saturated carbocycles. The summed E-state index contributed by atoms with van der Waals surface area (Å²) in [5.74, 6) is 0. The van der Waals surface area contributed by atoms with Gasteiger partial charge < -0.3 is 0 Å². The first-order valence-electron chi connectivity index (χ1n) is 14.2. The molecule has 204 valence electrons. The molecule has 0 fully saturated rings. The number of rotatable bonds is 10. The van der Waals surface area contributed by atoms with Gasteiger partial charge in [0.05, 0.1) is 11.4 Å². The van der Waals surface area contributed by atoms with E-state index in [1.165, 1.54) is 21.2 Å². The van der Waals surface area contributed by atoms with Gasteiger partial charge in [-0.3, -0.25) is 4.98 Å². The van der Waals surface area contributed by atoms with Crippen molar-refractivity contribution < 1.29 is 0 Å². The monoisotopic (exact) mass is 577 g/mol. The van der Waals surface area contributed by atoms with Crippen LogP contribution in [0.4, 0.5) is 0 Å². The van der Waals surface area contributed by atoms with Crippen LogP contribution in [-0.4, -0.2) is 4.98 Å². The fourth-order valence-electron chi connectivity index (χ4n) is 5.35. The highest BCUT2D eigenvalue weighted by Crippen LogP contribution is 2.55. The van der Waals surface area contributed by atoms with E-state index in [1.807, 2.05) is 0 Å². The molecule has 0 radical (unpaired) electrons. The lowest BCUT2D eigenvalue weighted by molar-refractivity contribution is 1.04. The van der Waals surface area contributed by atoms with Crippen molar-refractivity contribution in [2.75, 3.05) is 0 Å². The first kappa shape index (κ1) is 28.0. The molecule has 1 aromatic heterocycles. The Morgan fingerprint density at radius 1 is 0.500 bits per heavy atom. The summed E-state index contributed by atoms with van der Waals surface area (Å²) in [5.41, 5.74) is 4.48. The largest absolute Gasteiger partial charge is 0.256 e. The normalized spacial score (nSPS) is 11.9. The maximum Gasteiger partial charge on any atom is 0.0545 e. The van der Waals surface area contributed by atoms with Crippen molar-refractivity contribution in [1.82, 2.24) is 4.98 Å². The third-order valence-electron chi connectivity index (χ3n) is 7.37. The highest BCUT2D eigenvalue weighted by atomic mass is 31.1. The predicted octanol–water partition coefficient (Wildman–Crippen LogP) is 8.60. The Balaban J connectivity index is 1.46. The molecule has 0 N–H and O–H groups in total. The van der Waals surface area contributed by atoms with E-state index in [1.54, 1.807) is 0 Å². The summed E-state index contributed by atoms with van der Waals surface area (Å²) < 4.78 is 0. The van der Waals surface area contributed by atoms with Gasteiger partial charge in [-0.25, -0.2) is 0 Å². The molecule has 3 heteroatoms. The lowest BCUT2D eigenvalue weighted by Crippen LogP contribution is -2.19. The minimum Gasteiger partial charge on any atom is -0.256 e. The van der Waals surface area contributed by atoms with E-state index in [9.17, 15) is 0 Å². The molecule has 0 aliphatic rings. The third-order valence-corrected chi connectivity index (χ3v) is 12.7. The number of benzene rings is 5. The van der Waals surface area contributed by atoms with E-state index < -0.39 is 15.8 Å². The second-order valence-electron chi connectivity index (χ2n) is 10.1. The first-order chi connectivity index (χ1) is 20.8. The van der Waals surface area contributed by atoms with E-state index in [-0.39, 0.29) is 5.66 Å². The molecule has 5 aromatic carbocycles. The van der Waals surface area contributed by atoms with E-state index in [0.29, 0.717) is 0 Å². The third kappa shape index (κ3) is 6.50. The van der Waals surface area contributed by atoms with Crippen molar-refractivity contribution in [1.29, 1.82) is 0 Å². The van der Waals surface area contributed by atoms with Gasteiger partial charge in [0, 0.05) is 11.9 Å². The Bertz CT molecular complexity index is 1630. The van der Waals surface area contributed by atoms with Crippen LogP contribution in [0.1, 0.15) is 22.6 Å². The van der Waals surface area contributed by atoms with Crippen LogP contribution in [0, 0.1) is 0 Å². The minimum absolute atomic E-state index is 0.0202. The van der Waals surface area contributed by atoms with Gasteiger partial charge in [-0.2, -0.15) is 0 Å². The van der Waals surface area contributed by atoms with Crippen molar-refractivity contribution in [3.8, 4) is 0 Å². The zero-order valence-corrected chi connectivity index (χ0v) is 25.3. The number of pyridine rings is 1. The Morgan fingerprint density at radius 3 is 1.40 bits per heavy atom. The first-order valence-corrected chi connectivity index (χ1v) is 17.2. The molecule has 0 bridgehead atoms. The van der Waals surface area contributed by atoms with Crippen molar-refractivity contribution in [3.05, 3.63) is 193 Å². The molecule has 0 amide bonds. The zero-order chi connectivity index (χ0) is 28.6. The number of hydrogen-bond acceptors (Lipinski definition) is 1. The topological polar surface area (TPSA) is 12.9 Å². The number of nitrogens with zero attached hydrogens (tertiary/aromatic N) is 1. The summed E-state index contributed by atoms with van der Waals surface area (Å²) in [4.78, 5) is 5.45. The Kier molecular flexibility index (Phi) is 9.11. The molecular formula is C39H33NP2. The van der Waals surface area contributed by atoms with E-state index in [4.69, 9.17) is 11.6 Å². The summed E-state index contributed by atoms with van der Waals surface area (Å²) >= 11 is 0. The average Bonchev–Trinajstić information content (AvgIpc) is 3.08. The van der Waals surface area contributed by atoms with E-state index >= 15 is 0 Å². The summed E-state index contributed by atoms with van der Waals surface area (Å²) in [5, 5.41) is 5.38. The van der Waals surface area contributed by atoms with Crippen LogP contribution < -0.4 is 21.2 Å². The summed E-state index contributed by atoms with van der Waals surface area (Å²) in [7, 11) is -1.43. The molecule has 1 heterocycles. The van der Waals surface area contributed by atoms with Crippen molar-refractivity contribution in [2.45, 2.75) is 11.8 Å². The predicted molar refractivity (Wildman–Crippen MR) is 184 cm³/mol. The van der Waals surface area contributed by atoms with Crippen LogP contribution in [0.5, 0.6) is 0 Å². The maximum absolute atomic E-state index is 5.45. The lowest BCUT2D eigenvalue weighted by Gasteiger charge is -2.31. The van der Waals surface area contributed by atoms with Crippen molar-refractivity contribution in [3.63, 3.8) is 0 Å². The number of hydrogen-bond donors (Lipinski definition) is 0. The van der Waals surface area contributed by atoms with Crippen molar-refractivity contribution >= 4 is 42.6 Å². The second kappa shape index (κ2) is 13.7. The number of aromatic nitrogens is 1. The standard InChI is InChI=1S/C39H33NP2/c1-31(32-18-7-2-8-19-32)39(42(36-25-13-5-14-26-36)37-27-15-6-16-28-37)38-29-17-20-33(40-38)30-41(34-21-9-3-10-22-34)35-23-11-4-12-24-35/h2-29,39H,1,30H2. The second-order valence-corrected chi connectivity index (χ2v) is 14.6. The van der Waals surface area contributed by atoms with Gasteiger partial charge in [0.25, 0.3) is 0 Å². The summed E-state index contributed by atoms with van der Waals surface area (Å²) in [6.45, 7) is 4.74. The van der Waals surface area contributed by atoms with Crippen LogP contribution >= 0.6 is 15.8 Å². The van der Waals surface area contributed by atoms with Gasteiger partial charge in [-0.05, 0) is 60.3 Å². The molecule has 0 saturated heterocycles. The highest BCUT2D eigenvalue weighted by Gasteiger charge is 2.30. The van der Waals surface area contributed by atoms with Crippen LogP contribution in [0.15, 0.2) is 176 Å². The summed E-state index contributed by atoms with van der Waals surface area (Å²) in [6, 6.07) is 60.8. The molecule has 1 unspecified atom stereocenters. The molecule has 0 aliphatic heterocycles. The molecule has 6 aromatic rings. The average molecular weight is 578 g/mol. The minimum atomic E-state index is -0.831. The molecule has 42 heavy (non-hydrogen) atoms. The smallest absolute Gasteiger partial charge is 0.0545 e. The lowest BCUT2D eigenvalue weighted by atomic mass is 10.0. The molecule has 6 rings (SSSR count). The fourth-order valence-corrected chi connectivity index (χ4v) is 10.3. The quantitative estimate of drug-likeness (QED) is 0.149. The van der Waals surface area contributed by atoms with Gasteiger partial charge in [0.15, 0.2) is 0 Å². The van der Waals surface area contributed by atoms with E-state index in [0.717, 1.165) is 28.7 Å².